The monoisotopic (exact) mass is 1510 g/mol. The number of hydrogen-bond acceptors (Lipinski definition) is 15. The molecule has 0 aromatic carbocycles. The van der Waals surface area contributed by atoms with Gasteiger partial charge in [-0.1, -0.05) is 401 Å². The van der Waals surface area contributed by atoms with Gasteiger partial charge in [0.2, 0.25) is 0 Å². The molecule has 0 fully saturated rings. The zero-order valence-electron chi connectivity index (χ0n) is 67.5. The van der Waals surface area contributed by atoms with Crippen molar-refractivity contribution < 1.29 is 80.2 Å². The van der Waals surface area contributed by atoms with Gasteiger partial charge in [0.15, 0.2) is 12.2 Å². The van der Waals surface area contributed by atoms with Crippen LogP contribution in [0.3, 0.4) is 0 Å². The molecule has 19 heteroatoms. The van der Waals surface area contributed by atoms with E-state index in [9.17, 15) is 43.2 Å². The van der Waals surface area contributed by atoms with E-state index in [-0.39, 0.29) is 25.7 Å². The van der Waals surface area contributed by atoms with E-state index in [1.807, 2.05) is 0 Å². The van der Waals surface area contributed by atoms with Gasteiger partial charge in [-0.05, 0) is 31.6 Å². The van der Waals surface area contributed by atoms with E-state index in [0.717, 1.165) is 95.8 Å². The summed E-state index contributed by atoms with van der Waals surface area (Å²) in [5.74, 6) is -1.25. The van der Waals surface area contributed by atoms with Crippen LogP contribution in [0.4, 0.5) is 0 Å². The normalized spacial score (nSPS) is 14.1. The number of rotatable bonds is 84. The largest absolute Gasteiger partial charge is 0.472 e. The lowest BCUT2D eigenvalue weighted by atomic mass is 9.99. The predicted octanol–water partition coefficient (Wildman–Crippen LogP) is 25.6. The van der Waals surface area contributed by atoms with Crippen molar-refractivity contribution in [3.63, 3.8) is 0 Å². The maximum Gasteiger partial charge on any atom is 0.472 e. The van der Waals surface area contributed by atoms with Crippen LogP contribution in [0.15, 0.2) is 0 Å². The first kappa shape index (κ1) is 101. The second kappa shape index (κ2) is 76.8. The van der Waals surface area contributed by atoms with Crippen LogP contribution in [-0.2, 0) is 65.4 Å². The number of hydrogen-bond donors (Lipinski definition) is 3. The highest BCUT2D eigenvalue weighted by atomic mass is 31.2. The van der Waals surface area contributed by atoms with E-state index < -0.39 is 97.5 Å². The van der Waals surface area contributed by atoms with E-state index in [1.54, 1.807) is 0 Å². The topological polar surface area (TPSA) is 237 Å². The van der Waals surface area contributed by atoms with Crippen molar-refractivity contribution in [2.75, 3.05) is 39.6 Å². The lowest BCUT2D eigenvalue weighted by Crippen LogP contribution is -2.30. The van der Waals surface area contributed by atoms with Crippen LogP contribution in [0, 0.1) is 5.92 Å². The maximum atomic E-state index is 13.1. The fourth-order valence-corrected chi connectivity index (χ4v) is 14.7. The highest BCUT2D eigenvalue weighted by molar-refractivity contribution is 7.47. The lowest BCUT2D eigenvalue weighted by molar-refractivity contribution is -0.161. The minimum Gasteiger partial charge on any atom is -0.462 e. The first-order chi connectivity index (χ1) is 50.1. The molecule has 0 radical (unpaired) electrons. The molecular formula is C84H164O17P2. The highest BCUT2D eigenvalue weighted by Gasteiger charge is 2.30. The fourth-order valence-electron chi connectivity index (χ4n) is 13.1. The Morgan fingerprint density at radius 3 is 0.689 bits per heavy atom. The molecule has 0 rings (SSSR count). The number of carbonyl (C=O) groups is 4. The van der Waals surface area contributed by atoms with E-state index >= 15 is 0 Å². The highest BCUT2D eigenvalue weighted by Crippen LogP contribution is 2.45. The third-order valence-corrected chi connectivity index (χ3v) is 22.0. The molecule has 6 atom stereocenters. The van der Waals surface area contributed by atoms with E-state index in [4.69, 9.17) is 37.0 Å². The van der Waals surface area contributed by atoms with Gasteiger partial charge in [-0.15, -0.1) is 0 Å². The molecule has 0 spiro atoms. The summed E-state index contributed by atoms with van der Waals surface area (Å²) in [6.45, 7) is 7.42. The number of esters is 4. The molecular weight excluding hydrogens is 1340 g/mol. The Bertz CT molecular complexity index is 1960. The number of unbranched alkanes of at least 4 members (excludes halogenated alkanes) is 55. The van der Waals surface area contributed by atoms with Crippen LogP contribution < -0.4 is 0 Å². The summed E-state index contributed by atoms with van der Waals surface area (Å²) in [5, 5.41) is 10.7. The molecule has 0 aliphatic heterocycles. The quantitative estimate of drug-likeness (QED) is 0.0222. The summed E-state index contributed by atoms with van der Waals surface area (Å²) in [5.41, 5.74) is 0. The minimum absolute atomic E-state index is 0.109. The summed E-state index contributed by atoms with van der Waals surface area (Å²) < 4.78 is 68.9. The number of carbonyl (C=O) groups excluding carboxylic acids is 4. The number of aliphatic hydroxyl groups is 1. The standard InChI is InChI=1S/C84H164O17P2/c1-6-10-13-16-19-22-25-28-30-31-32-33-39-43-48-53-58-63-68-82(87)95-74-80(101-84(89)70-65-60-55-50-45-40-35-34-37-41-46-51-56-61-66-77(5)9-4)76-99-103(92,93)97-72-78(85)71-96-102(90,91)98-75-79(73-94-81(86)67-62-57-52-47-42-36-27-24-21-18-15-12-8-3)100-83(88)69-64-59-54-49-44-38-29-26-23-20-17-14-11-7-2/h77-80,85H,6-76H2,1-5H3,(H,90,91)(H,92,93)/t77?,78-,79+,80+/m0/s1. The molecule has 0 bridgehead atoms. The van der Waals surface area contributed by atoms with Crippen LogP contribution in [0.5, 0.6) is 0 Å². The molecule has 103 heavy (non-hydrogen) atoms. The van der Waals surface area contributed by atoms with Gasteiger partial charge in [-0.25, -0.2) is 9.13 Å². The molecule has 17 nitrogen and oxygen atoms in total. The summed E-state index contributed by atoms with van der Waals surface area (Å²) in [6, 6.07) is 0. The molecule has 0 saturated carbocycles. The van der Waals surface area contributed by atoms with Crippen molar-refractivity contribution >= 4 is 39.5 Å². The van der Waals surface area contributed by atoms with E-state index in [1.165, 1.54) is 276 Å². The van der Waals surface area contributed by atoms with Crippen molar-refractivity contribution in [2.24, 2.45) is 5.92 Å². The van der Waals surface area contributed by atoms with Gasteiger partial charge < -0.3 is 33.8 Å². The SMILES string of the molecule is CCCCCCCCCCCCCCCCCCCCC(=O)OC[C@H](COP(=O)(O)OC[C@@H](O)COP(=O)(O)OC[C@@H](COC(=O)CCCCCCCCCCCCCCC)OC(=O)CCCCCCCCCCCCCCCC)OC(=O)CCCCCCCCCCCCCCCCC(C)CC. The summed E-state index contributed by atoms with van der Waals surface area (Å²) >= 11 is 0. The lowest BCUT2D eigenvalue weighted by Gasteiger charge is -2.21. The van der Waals surface area contributed by atoms with Crippen molar-refractivity contribution in [1.82, 2.24) is 0 Å². The van der Waals surface area contributed by atoms with E-state index in [0.29, 0.717) is 25.7 Å². The average molecular weight is 1510 g/mol. The van der Waals surface area contributed by atoms with Gasteiger partial charge in [-0.2, -0.15) is 0 Å². The van der Waals surface area contributed by atoms with Crippen LogP contribution in [0.1, 0.15) is 452 Å². The molecule has 0 amide bonds. The zero-order chi connectivity index (χ0) is 75.5. The molecule has 612 valence electrons. The predicted molar refractivity (Wildman–Crippen MR) is 423 cm³/mol. The van der Waals surface area contributed by atoms with Gasteiger partial charge in [0, 0.05) is 25.7 Å². The first-order valence-electron chi connectivity index (χ1n) is 43.7. The Morgan fingerprint density at radius 1 is 0.272 bits per heavy atom. The van der Waals surface area contributed by atoms with Gasteiger partial charge in [0.1, 0.15) is 19.3 Å². The van der Waals surface area contributed by atoms with Gasteiger partial charge in [-0.3, -0.25) is 37.3 Å². The van der Waals surface area contributed by atoms with Crippen LogP contribution >= 0.6 is 15.6 Å². The van der Waals surface area contributed by atoms with Gasteiger partial charge in [0.05, 0.1) is 26.4 Å². The van der Waals surface area contributed by atoms with Crippen molar-refractivity contribution in [2.45, 2.75) is 470 Å². The Balaban J connectivity index is 5.26. The molecule has 0 heterocycles. The molecule has 3 N–H and O–H groups in total. The van der Waals surface area contributed by atoms with Crippen LogP contribution in [0.25, 0.3) is 0 Å². The van der Waals surface area contributed by atoms with Crippen molar-refractivity contribution in [3.8, 4) is 0 Å². The second-order valence-electron chi connectivity index (χ2n) is 30.5. The second-order valence-corrected chi connectivity index (χ2v) is 33.4. The van der Waals surface area contributed by atoms with Crippen LogP contribution in [0.2, 0.25) is 0 Å². The summed E-state index contributed by atoms with van der Waals surface area (Å²) in [6.07, 6.45) is 69.1. The Hall–Kier alpha value is -1.94. The molecule has 0 aliphatic carbocycles. The van der Waals surface area contributed by atoms with Crippen molar-refractivity contribution in [1.29, 1.82) is 0 Å². The van der Waals surface area contributed by atoms with Gasteiger partial charge >= 0.3 is 39.5 Å². The summed E-state index contributed by atoms with van der Waals surface area (Å²) in [7, 11) is -9.92. The number of ether oxygens (including phenoxy) is 4. The molecule has 0 aromatic rings. The smallest absolute Gasteiger partial charge is 0.462 e. The molecule has 0 aromatic heterocycles. The molecule has 3 unspecified atom stereocenters. The Labute approximate surface area is 632 Å². The number of phosphoric ester groups is 2. The van der Waals surface area contributed by atoms with Crippen LogP contribution in [-0.4, -0.2) is 96.7 Å². The minimum atomic E-state index is -4.96. The number of phosphoric acid groups is 2. The maximum absolute atomic E-state index is 13.1. The first-order valence-corrected chi connectivity index (χ1v) is 46.7. The Kier molecular flexibility index (Phi) is 75.4. The van der Waals surface area contributed by atoms with E-state index in [2.05, 4.69) is 34.6 Å². The third-order valence-electron chi connectivity index (χ3n) is 20.1. The summed E-state index contributed by atoms with van der Waals surface area (Å²) in [4.78, 5) is 73.2. The fraction of sp³-hybridized carbons (Fsp3) is 0.952. The third kappa shape index (κ3) is 76.6. The number of aliphatic hydroxyl groups excluding tert-OH is 1. The zero-order valence-corrected chi connectivity index (χ0v) is 69.3. The molecule has 0 aliphatic rings. The molecule has 0 saturated heterocycles. The van der Waals surface area contributed by atoms with Crippen molar-refractivity contribution in [3.05, 3.63) is 0 Å². The van der Waals surface area contributed by atoms with Gasteiger partial charge in [0.25, 0.3) is 0 Å². The average Bonchev–Trinajstić information content (AvgIpc) is 0.921. The Morgan fingerprint density at radius 2 is 0.466 bits per heavy atom.